The van der Waals surface area contributed by atoms with Crippen molar-refractivity contribution < 1.29 is 19.4 Å². The van der Waals surface area contributed by atoms with Crippen LogP contribution in [0.15, 0.2) is 66.8 Å². The first-order chi connectivity index (χ1) is 12.7. The number of nitriles is 1. The minimum absolute atomic E-state index is 0.280. The zero-order valence-electron chi connectivity index (χ0n) is 14.2. The largest absolute Gasteiger partial charge is 0.490 e. The van der Waals surface area contributed by atoms with E-state index in [1.807, 2.05) is 30.3 Å². The highest BCUT2D eigenvalue weighted by molar-refractivity contribution is 5.96. The lowest BCUT2D eigenvalue weighted by atomic mass is 10.1. The van der Waals surface area contributed by atoms with Crippen LogP contribution >= 0.6 is 0 Å². The Kier molecular flexibility index (Phi) is 7.02. The maximum Gasteiger partial charge on any atom is 0.346 e. The summed E-state index contributed by atoms with van der Waals surface area (Å²) < 4.78 is 11.4. The minimum Gasteiger partial charge on any atom is -0.490 e. The van der Waals surface area contributed by atoms with Gasteiger partial charge in [-0.2, -0.15) is 5.26 Å². The molecule has 0 heterocycles. The number of rotatable bonds is 9. The number of carboxylic acids is 1. The monoisotopic (exact) mass is 349 g/mol. The summed E-state index contributed by atoms with van der Waals surface area (Å²) >= 11 is 0. The second-order valence-electron chi connectivity index (χ2n) is 5.31. The number of hydrogen-bond acceptors (Lipinski definition) is 4. The molecule has 26 heavy (non-hydrogen) atoms. The van der Waals surface area contributed by atoms with Gasteiger partial charge in [-0.1, -0.05) is 42.5 Å². The maximum absolute atomic E-state index is 11.0. The summed E-state index contributed by atoms with van der Waals surface area (Å²) in [5.41, 5.74) is 1.22. The molecule has 0 atom stereocenters. The highest BCUT2D eigenvalue weighted by Crippen LogP contribution is 2.22. The highest BCUT2D eigenvalue weighted by Gasteiger charge is 2.09. The topological polar surface area (TPSA) is 79.5 Å². The molecule has 5 heteroatoms. The molecule has 0 amide bonds. The molecular weight excluding hydrogens is 330 g/mol. The molecule has 0 fully saturated rings. The van der Waals surface area contributed by atoms with Crippen molar-refractivity contribution in [2.75, 3.05) is 13.2 Å². The third kappa shape index (κ3) is 5.25. The molecule has 0 unspecified atom stereocenters. The van der Waals surface area contributed by atoms with Crippen molar-refractivity contribution in [3.8, 4) is 17.6 Å². The molecule has 0 aromatic heterocycles. The number of carboxylic acid groups (broad SMARTS) is 1. The summed E-state index contributed by atoms with van der Waals surface area (Å²) in [5.74, 6) is -0.00392. The lowest BCUT2D eigenvalue weighted by Crippen LogP contribution is -2.10. The molecule has 0 aliphatic rings. The van der Waals surface area contributed by atoms with Crippen LogP contribution in [0, 0.1) is 11.3 Å². The average Bonchev–Trinajstić information content (AvgIpc) is 2.65. The predicted molar refractivity (Wildman–Crippen MR) is 99.0 cm³/mol. The number of para-hydroxylation sites is 2. The molecular formula is C21H19NO4. The number of ether oxygens (including phenoxy) is 2. The molecule has 0 aliphatic heterocycles. The van der Waals surface area contributed by atoms with Gasteiger partial charge >= 0.3 is 5.97 Å². The second kappa shape index (κ2) is 9.70. The fraction of sp³-hybridized carbons (Fsp3) is 0.143. The summed E-state index contributed by atoms with van der Waals surface area (Å²) in [6.45, 7) is 4.35. The van der Waals surface area contributed by atoms with E-state index in [2.05, 4.69) is 6.58 Å². The van der Waals surface area contributed by atoms with Crippen LogP contribution in [0.5, 0.6) is 11.5 Å². The number of hydrogen-bond donors (Lipinski definition) is 1. The van der Waals surface area contributed by atoms with E-state index in [1.54, 1.807) is 30.3 Å². The zero-order chi connectivity index (χ0) is 18.8. The number of allylic oxidation sites excluding steroid dienone is 1. The molecule has 0 saturated carbocycles. The van der Waals surface area contributed by atoms with Gasteiger partial charge in [0.15, 0.2) is 0 Å². The summed E-state index contributed by atoms with van der Waals surface area (Å²) in [5, 5.41) is 17.9. The van der Waals surface area contributed by atoms with Gasteiger partial charge in [-0.25, -0.2) is 4.79 Å². The minimum atomic E-state index is -1.27. The normalized spacial score (nSPS) is 10.7. The zero-order valence-corrected chi connectivity index (χ0v) is 14.2. The Morgan fingerprint density at radius 1 is 1.08 bits per heavy atom. The first kappa shape index (κ1) is 18.8. The molecule has 0 aliphatic carbocycles. The lowest BCUT2D eigenvalue weighted by Gasteiger charge is -2.12. The molecule has 2 aromatic carbocycles. The van der Waals surface area contributed by atoms with E-state index < -0.39 is 5.97 Å². The summed E-state index contributed by atoms with van der Waals surface area (Å²) in [7, 11) is 0. The van der Waals surface area contributed by atoms with Gasteiger partial charge < -0.3 is 14.6 Å². The van der Waals surface area contributed by atoms with Gasteiger partial charge in [0.2, 0.25) is 0 Å². The van der Waals surface area contributed by atoms with E-state index in [-0.39, 0.29) is 12.2 Å². The molecule has 2 aromatic rings. The van der Waals surface area contributed by atoms with Crippen molar-refractivity contribution in [2.24, 2.45) is 0 Å². The summed E-state index contributed by atoms with van der Waals surface area (Å²) in [6, 6.07) is 16.3. The molecule has 1 N–H and O–H groups in total. The van der Waals surface area contributed by atoms with Gasteiger partial charge in [-0.05, 0) is 30.2 Å². The molecule has 0 radical (unpaired) electrons. The van der Waals surface area contributed by atoms with Crippen LogP contribution in [0.4, 0.5) is 0 Å². The second-order valence-corrected chi connectivity index (χ2v) is 5.31. The van der Waals surface area contributed by atoms with Gasteiger partial charge in [0.05, 0.1) is 0 Å². The van der Waals surface area contributed by atoms with Gasteiger partial charge in [0.25, 0.3) is 0 Å². The number of carbonyl (C=O) groups is 1. The van der Waals surface area contributed by atoms with Gasteiger partial charge in [0, 0.05) is 5.56 Å². The first-order valence-electron chi connectivity index (χ1n) is 8.04. The molecule has 132 valence electrons. The van der Waals surface area contributed by atoms with Crippen LogP contribution in [0.25, 0.3) is 6.08 Å². The van der Waals surface area contributed by atoms with E-state index in [1.165, 1.54) is 6.08 Å². The standard InChI is InChI=1S/C21H19NO4/c1-2-7-16-8-3-5-10-19(16)25-12-13-26-20-11-6-4-9-17(20)14-18(15-22)21(23)24/h2-6,8-11,14H,1,7,12-13H2,(H,23,24). The molecule has 0 saturated heterocycles. The van der Waals surface area contributed by atoms with Crippen LogP contribution in [0.3, 0.4) is 0 Å². The Hall–Kier alpha value is -3.52. The predicted octanol–water partition coefficient (Wildman–Crippen LogP) is 3.86. The van der Waals surface area contributed by atoms with E-state index in [4.69, 9.17) is 19.8 Å². The Morgan fingerprint density at radius 3 is 2.35 bits per heavy atom. The van der Waals surface area contributed by atoms with Crippen molar-refractivity contribution >= 4 is 12.0 Å². The number of nitrogens with zero attached hydrogens (tertiary/aromatic N) is 1. The summed E-state index contributed by atoms with van der Waals surface area (Å²) in [4.78, 5) is 11.0. The average molecular weight is 349 g/mol. The summed E-state index contributed by atoms with van der Waals surface area (Å²) in [6.07, 6.45) is 3.82. The Labute approximate surface area is 152 Å². The molecule has 2 rings (SSSR count). The quantitative estimate of drug-likeness (QED) is 0.322. The van der Waals surface area contributed by atoms with Crippen LogP contribution in [-0.2, 0) is 11.2 Å². The van der Waals surface area contributed by atoms with Crippen molar-refractivity contribution in [1.82, 2.24) is 0 Å². The van der Waals surface area contributed by atoms with Gasteiger partial charge in [-0.3, -0.25) is 0 Å². The van der Waals surface area contributed by atoms with Crippen LogP contribution in [0.2, 0.25) is 0 Å². The van der Waals surface area contributed by atoms with Crippen LogP contribution < -0.4 is 9.47 Å². The molecule has 0 spiro atoms. The van der Waals surface area contributed by atoms with Gasteiger partial charge in [0.1, 0.15) is 36.4 Å². The lowest BCUT2D eigenvalue weighted by molar-refractivity contribution is -0.132. The maximum atomic E-state index is 11.0. The first-order valence-corrected chi connectivity index (χ1v) is 8.04. The molecule has 0 bridgehead atoms. The SMILES string of the molecule is C=CCc1ccccc1OCCOc1ccccc1C=C(C#N)C(=O)O. The van der Waals surface area contributed by atoms with Crippen molar-refractivity contribution in [3.05, 3.63) is 77.9 Å². The van der Waals surface area contributed by atoms with Crippen LogP contribution in [-0.4, -0.2) is 24.3 Å². The van der Waals surface area contributed by atoms with E-state index in [0.29, 0.717) is 17.9 Å². The van der Waals surface area contributed by atoms with Crippen molar-refractivity contribution in [2.45, 2.75) is 6.42 Å². The Bertz CT molecular complexity index is 849. The van der Waals surface area contributed by atoms with E-state index in [9.17, 15) is 4.79 Å². The third-order valence-corrected chi connectivity index (χ3v) is 3.51. The third-order valence-electron chi connectivity index (χ3n) is 3.51. The Balaban J connectivity index is 2.00. The highest BCUT2D eigenvalue weighted by atomic mass is 16.5. The number of aliphatic carboxylic acids is 1. The van der Waals surface area contributed by atoms with Crippen molar-refractivity contribution in [3.63, 3.8) is 0 Å². The van der Waals surface area contributed by atoms with Gasteiger partial charge in [-0.15, -0.1) is 6.58 Å². The fourth-order valence-electron chi connectivity index (χ4n) is 2.30. The van der Waals surface area contributed by atoms with E-state index >= 15 is 0 Å². The number of benzene rings is 2. The van der Waals surface area contributed by atoms with E-state index in [0.717, 1.165) is 17.7 Å². The Morgan fingerprint density at radius 2 is 1.69 bits per heavy atom. The molecule has 5 nitrogen and oxygen atoms in total. The van der Waals surface area contributed by atoms with Crippen LogP contribution in [0.1, 0.15) is 11.1 Å². The fourth-order valence-corrected chi connectivity index (χ4v) is 2.30. The smallest absolute Gasteiger partial charge is 0.346 e. The van der Waals surface area contributed by atoms with Crippen molar-refractivity contribution in [1.29, 1.82) is 5.26 Å².